The molecule has 0 unspecified atom stereocenters. The molecule has 7 heteroatoms. The second-order valence-corrected chi connectivity index (χ2v) is 1.47. The Morgan fingerprint density at radius 3 is 0.692 bits per heavy atom. The molecule has 3 radical (unpaired) electrons. The van der Waals surface area contributed by atoms with Crippen LogP contribution in [0.4, 0.5) is 0 Å². The summed E-state index contributed by atoms with van der Waals surface area (Å²) < 4.78 is 0. The van der Waals surface area contributed by atoms with E-state index in [2.05, 4.69) is 0 Å². The Labute approximate surface area is 88.6 Å². The van der Waals surface area contributed by atoms with Gasteiger partial charge in [-0.05, 0) is 20.8 Å². The van der Waals surface area contributed by atoms with E-state index in [1.54, 1.807) is 0 Å². The second-order valence-electron chi connectivity index (χ2n) is 1.47. The minimum atomic E-state index is -1.08. The molecule has 0 aromatic rings. The number of carboxylic acids is 3. The second kappa shape index (κ2) is 17.2. The van der Waals surface area contributed by atoms with Crippen molar-refractivity contribution in [2.24, 2.45) is 0 Å². The fraction of sp³-hybridized carbons (Fsp3) is 0.500. The summed E-state index contributed by atoms with van der Waals surface area (Å²) in [6.45, 7) is 2.92. The molecule has 0 aromatic carbocycles. The van der Waals surface area contributed by atoms with Gasteiger partial charge in [0.2, 0.25) is 0 Å². The molecule has 0 aromatic heterocycles. The van der Waals surface area contributed by atoms with Gasteiger partial charge in [-0.1, -0.05) is 0 Å². The third kappa shape index (κ3) is 994. The summed E-state index contributed by atoms with van der Waals surface area (Å²) >= 11 is 0. The molecule has 0 rings (SSSR count). The topological polar surface area (TPSA) is 120 Å². The molecule has 0 amide bonds. The zero-order valence-electron chi connectivity index (χ0n) is 7.53. The van der Waals surface area contributed by atoms with E-state index in [4.69, 9.17) is 29.7 Å². The van der Waals surface area contributed by atoms with Gasteiger partial charge in [0.25, 0.3) is 0 Å². The Bertz CT molecular complexity index is 115. The van der Waals surface area contributed by atoms with Gasteiger partial charge in [-0.3, -0.25) is 0 Å². The number of carboxylic acid groups (broad SMARTS) is 3. The van der Waals surface area contributed by atoms with Crippen molar-refractivity contribution in [3.8, 4) is 0 Å². The Morgan fingerprint density at radius 2 is 0.692 bits per heavy atom. The quantitative estimate of drug-likeness (QED) is 0.401. The molecule has 13 heavy (non-hydrogen) atoms. The molecule has 0 atom stereocenters. The first-order valence-corrected chi connectivity index (χ1v) is 2.72. The molecular weight excluding hydrogens is 238 g/mol. The van der Waals surface area contributed by atoms with Gasteiger partial charge < -0.3 is 29.7 Å². The number of hydrogen-bond acceptors (Lipinski definition) is 6. The molecule has 0 saturated heterocycles. The van der Waals surface area contributed by atoms with Crippen LogP contribution in [0.5, 0.6) is 0 Å². The van der Waals surface area contributed by atoms with Crippen molar-refractivity contribution < 1.29 is 29.7 Å². The minimum absolute atomic E-state index is 0. The molecule has 75 valence electrons. The average molecular weight is 247 g/mol. The van der Waals surface area contributed by atoms with Gasteiger partial charge in [0.1, 0.15) is 0 Å². The molecule has 0 fully saturated rings. The van der Waals surface area contributed by atoms with Crippen molar-refractivity contribution in [1.82, 2.24) is 0 Å². The van der Waals surface area contributed by atoms with Crippen LogP contribution >= 0.6 is 0 Å². The van der Waals surface area contributed by atoms with Gasteiger partial charge in [0, 0.05) is 37.7 Å². The van der Waals surface area contributed by atoms with Crippen molar-refractivity contribution in [3.05, 3.63) is 0 Å². The first-order chi connectivity index (χ1) is 5.20. The molecule has 0 aliphatic carbocycles. The van der Waals surface area contributed by atoms with Crippen molar-refractivity contribution in [3.63, 3.8) is 0 Å². The van der Waals surface area contributed by atoms with Gasteiger partial charge in [0.05, 0.1) is 0 Å². The molecule has 0 aliphatic heterocycles. The third-order valence-corrected chi connectivity index (χ3v) is 0. The summed E-state index contributed by atoms with van der Waals surface area (Å²) in [5.41, 5.74) is 0. The smallest absolute Gasteiger partial charge is 0.0383 e. The van der Waals surface area contributed by atoms with E-state index in [1.807, 2.05) is 0 Å². The first-order valence-electron chi connectivity index (χ1n) is 2.72. The number of hydrogen-bond donors (Lipinski definition) is 0. The molecule has 0 saturated carbocycles. The molecule has 0 bridgehead atoms. The van der Waals surface area contributed by atoms with E-state index in [0.717, 1.165) is 20.8 Å². The largest absolute Gasteiger partial charge is 0.550 e. The molecule has 0 spiro atoms. The van der Waals surface area contributed by atoms with Gasteiger partial charge >= 0.3 is 0 Å². The maximum Gasteiger partial charge on any atom is 0.0383 e. The van der Waals surface area contributed by atoms with Crippen molar-refractivity contribution in [1.29, 1.82) is 0 Å². The molecule has 0 heterocycles. The number of carbonyl (C=O) groups excluding carboxylic acids is 3. The number of aliphatic carboxylic acids is 3. The van der Waals surface area contributed by atoms with Crippen LogP contribution in [0.1, 0.15) is 20.8 Å². The average Bonchev–Trinajstić information content (AvgIpc) is 1.54. The van der Waals surface area contributed by atoms with E-state index in [1.165, 1.54) is 0 Å². The summed E-state index contributed by atoms with van der Waals surface area (Å²) in [6, 6.07) is 0. The van der Waals surface area contributed by atoms with Crippen LogP contribution in [0.3, 0.4) is 0 Å². The van der Waals surface area contributed by atoms with E-state index in [-0.39, 0.29) is 19.8 Å². The van der Waals surface area contributed by atoms with Crippen LogP contribution in [-0.4, -0.2) is 37.7 Å². The zero-order chi connectivity index (χ0) is 10.7. The molecule has 6 nitrogen and oxygen atoms in total. The Hall–Kier alpha value is -0.954. The van der Waals surface area contributed by atoms with Gasteiger partial charge in [0.15, 0.2) is 0 Å². The summed E-state index contributed by atoms with van der Waals surface area (Å²) in [5.74, 6) is -3.25. The van der Waals surface area contributed by atoms with Crippen LogP contribution in [0.15, 0.2) is 0 Å². The van der Waals surface area contributed by atoms with Gasteiger partial charge in [-0.2, -0.15) is 0 Å². The van der Waals surface area contributed by atoms with Crippen LogP contribution in [0.25, 0.3) is 0 Å². The van der Waals surface area contributed by atoms with Crippen LogP contribution < -0.4 is 15.3 Å². The van der Waals surface area contributed by atoms with Crippen molar-refractivity contribution >= 4 is 37.7 Å². The first kappa shape index (κ1) is 22.7. The maximum absolute atomic E-state index is 8.89. The maximum atomic E-state index is 8.89. The SMILES string of the molecule is CC(=O)[O-].CC(=O)[O-].CC(=O)[O-].[Ga]. The standard InChI is InChI=1S/3C2H4O2.Ga/c3*1-2(3)4;/h3*1H3,(H,3,4);/p-3. The molecular formula is C6H9GaO6-3. The normalized spacial score (nSPS) is 5.77. The Morgan fingerprint density at radius 1 is 0.692 bits per heavy atom. The zero-order valence-corrected chi connectivity index (χ0v) is 9.95. The molecule has 0 N–H and O–H groups in total. The fourth-order valence-electron chi connectivity index (χ4n) is 0. The van der Waals surface area contributed by atoms with Crippen molar-refractivity contribution in [2.75, 3.05) is 0 Å². The van der Waals surface area contributed by atoms with E-state index in [0.29, 0.717) is 0 Å². The predicted octanol–water partition coefficient (Wildman–Crippen LogP) is -4.11. The monoisotopic (exact) mass is 246 g/mol. The summed E-state index contributed by atoms with van der Waals surface area (Å²) in [7, 11) is 0. The molecule has 0 aliphatic rings. The predicted molar refractivity (Wildman–Crippen MR) is 37.8 cm³/mol. The minimum Gasteiger partial charge on any atom is -0.550 e. The number of carbonyl (C=O) groups is 3. The van der Waals surface area contributed by atoms with Gasteiger partial charge in [-0.25, -0.2) is 0 Å². The Balaban J connectivity index is -0.0000000450. The van der Waals surface area contributed by atoms with Crippen molar-refractivity contribution in [2.45, 2.75) is 20.8 Å². The van der Waals surface area contributed by atoms with Crippen LogP contribution in [0.2, 0.25) is 0 Å². The van der Waals surface area contributed by atoms with E-state index in [9.17, 15) is 0 Å². The van der Waals surface area contributed by atoms with E-state index >= 15 is 0 Å². The third-order valence-electron chi connectivity index (χ3n) is 0. The van der Waals surface area contributed by atoms with Crippen LogP contribution in [-0.2, 0) is 14.4 Å². The summed E-state index contributed by atoms with van der Waals surface area (Å²) in [5, 5.41) is 26.7. The summed E-state index contributed by atoms with van der Waals surface area (Å²) in [6.07, 6.45) is 0. The Kier molecular flexibility index (Phi) is 30.1. The van der Waals surface area contributed by atoms with Crippen LogP contribution in [0, 0.1) is 0 Å². The van der Waals surface area contributed by atoms with E-state index < -0.39 is 17.9 Å². The summed E-state index contributed by atoms with van der Waals surface area (Å²) in [4.78, 5) is 26.7. The fourth-order valence-corrected chi connectivity index (χ4v) is 0. The number of rotatable bonds is 0. The van der Waals surface area contributed by atoms with Gasteiger partial charge in [-0.15, -0.1) is 0 Å².